The fraction of sp³-hybridized carbons (Fsp3) is 0.409. The van der Waals surface area contributed by atoms with Crippen LogP contribution in [-0.2, 0) is 4.79 Å². The maximum atomic E-state index is 13.2. The van der Waals surface area contributed by atoms with E-state index in [1.165, 1.54) is 9.91 Å². The highest BCUT2D eigenvalue weighted by atomic mass is 32.1. The van der Waals surface area contributed by atoms with Crippen molar-refractivity contribution in [2.45, 2.75) is 32.4 Å². The van der Waals surface area contributed by atoms with Crippen molar-refractivity contribution in [3.05, 3.63) is 46.2 Å². The van der Waals surface area contributed by atoms with Gasteiger partial charge in [0.2, 0.25) is 0 Å². The zero-order chi connectivity index (χ0) is 22.5. The number of thiophene rings is 1. The minimum atomic E-state index is -0.300. The predicted molar refractivity (Wildman–Crippen MR) is 121 cm³/mol. The zero-order valence-corrected chi connectivity index (χ0v) is 19.2. The second-order valence-electron chi connectivity index (χ2n) is 7.56. The van der Waals surface area contributed by atoms with Crippen LogP contribution in [0.4, 0.5) is 4.79 Å². The number of ether oxygens (including phenoxy) is 2. The van der Waals surface area contributed by atoms with E-state index in [1.54, 1.807) is 32.6 Å². The van der Waals surface area contributed by atoms with Crippen LogP contribution < -0.4 is 14.8 Å². The lowest BCUT2D eigenvalue weighted by atomic mass is 10.0. The fourth-order valence-electron chi connectivity index (χ4n) is 3.36. The Hall–Kier alpha value is -3.07. The van der Waals surface area contributed by atoms with Gasteiger partial charge in [0, 0.05) is 19.5 Å². The van der Waals surface area contributed by atoms with E-state index in [9.17, 15) is 9.59 Å². The van der Waals surface area contributed by atoms with Gasteiger partial charge in [0.1, 0.15) is 6.54 Å². The largest absolute Gasteiger partial charge is 0.493 e. The molecular formula is C22H28N4O4S. The molecule has 166 valence electrons. The van der Waals surface area contributed by atoms with Crippen molar-refractivity contribution < 1.29 is 19.1 Å². The molecule has 3 rings (SSSR count). The van der Waals surface area contributed by atoms with Gasteiger partial charge >= 0.3 is 6.03 Å². The number of likely N-dealkylation sites (N-methyl/N-ethyl adjacent to an activating group) is 1. The maximum absolute atomic E-state index is 13.2. The molecule has 1 aliphatic rings. The second-order valence-corrected chi connectivity index (χ2v) is 8.50. The van der Waals surface area contributed by atoms with Crippen molar-refractivity contribution in [3.63, 3.8) is 0 Å². The number of nitrogens with zero attached hydrogens (tertiary/aromatic N) is 3. The van der Waals surface area contributed by atoms with Gasteiger partial charge in [-0.15, -0.1) is 11.3 Å². The summed E-state index contributed by atoms with van der Waals surface area (Å²) >= 11 is 1.58. The van der Waals surface area contributed by atoms with Crippen LogP contribution in [0.25, 0.3) is 0 Å². The summed E-state index contributed by atoms with van der Waals surface area (Å²) in [6.07, 6.45) is 0.573. The number of carbonyl (C=O) groups excluding carboxylic acids is 2. The maximum Gasteiger partial charge on any atom is 0.317 e. The molecule has 8 nitrogen and oxygen atoms in total. The van der Waals surface area contributed by atoms with Crippen LogP contribution >= 0.6 is 11.3 Å². The molecule has 31 heavy (non-hydrogen) atoms. The highest BCUT2D eigenvalue weighted by molar-refractivity contribution is 7.12. The first-order valence-electron chi connectivity index (χ1n) is 10.0. The van der Waals surface area contributed by atoms with E-state index >= 15 is 0 Å². The summed E-state index contributed by atoms with van der Waals surface area (Å²) in [4.78, 5) is 27.8. The number of hydrogen-bond acceptors (Lipinski definition) is 6. The van der Waals surface area contributed by atoms with Crippen molar-refractivity contribution in [1.82, 2.24) is 15.2 Å². The molecule has 0 saturated heterocycles. The van der Waals surface area contributed by atoms with E-state index in [4.69, 9.17) is 9.47 Å². The van der Waals surface area contributed by atoms with Gasteiger partial charge < -0.3 is 19.7 Å². The van der Waals surface area contributed by atoms with Gasteiger partial charge in [-0.3, -0.25) is 4.79 Å². The van der Waals surface area contributed by atoms with Crippen molar-refractivity contribution in [2.24, 2.45) is 5.10 Å². The van der Waals surface area contributed by atoms with E-state index < -0.39 is 0 Å². The van der Waals surface area contributed by atoms with Crippen LogP contribution in [0.1, 0.15) is 36.8 Å². The van der Waals surface area contributed by atoms with Crippen LogP contribution in [0.15, 0.2) is 40.8 Å². The van der Waals surface area contributed by atoms with E-state index in [0.717, 1.165) is 16.2 Å². The Labute approximate surface area is 186 Å². The normalized spacial score (nSPS) is 15.6. The van der Waals surface area contributed by atoms with Crippen LogP contribution in [0.2, 0.25) is 0 Å². The summed E-state index contributed by atoms with van der Waals surface area (Å²) in [5.41, 5.74) is 1.73. The first kappa shape index (κ1) is 22.6. The van der Waals surface area contributed by atoms with Crippen LogP contribution in [-0.4, -0.2) is 61.4 Å². The molecule has 1 aromatic heterocycles. The summed E-state index contributed by atoms with van der Waals surface area (Å²) in [5.74, 6) is 0.949. The Morgan fingerprint density at radius 3 is 2.61 bits per heavy atom. The minimum absolute atomic E-state index is 0.0141. The Kier molecular flexibility index (Phi) is 7.17. The monoisotopic (exact) mass is 444 g/mol. The highest BCUT2D eigenvalue weighted by Crippen LogP contribution is 2.37. The number of methoxy groups -OCH3 is 2. The molecule has 1 unspecified atom stereocenters. The van der Waals surface area contributed by atoms with Crippen molar-refractivity contribution in [1.29, 1.82) is 0 Å². The molecule has 1 N–H and O–H groups in total. The molecule has 0 saturated carbocycles. The van der Waals surface area contributed by atoms with Gasteiger partial charge in [0.05, 0.1) is 30.9 Å². The lowest BCUT2D eigenvalue weighted by Gasteiger charge is -2.26. The molecule has 1 aromatic carbocycles. The smallest absolute Gasteiger partial charge is 0.317 e. The first-order valence-corrected chi connectivity index (χ1v) is 10.9. The van der Waals surface area contributed by atoms with Crippen LogP contribution in [0, 0.1) is 0 Å². The summed E-state index contributed by atoms with van der Waals surface area (Å²) in [5, 5.41) is 10.9. The molecule has 0 fully saturated rings. The van der Waals surface area contributed by atoms with E-state index in [-0.39, 0.29) is 30.6 Å². The molecular weight excluding hydrogens is 416 g/mol. The minimum Gasteiger partial charge on any atom is -0.493 e. The van der Waals surface area contributed by atoms with Gasteiger partial charge in [-0.1, -0.05) is 12.1 Å². The number of hydrogen-bond donors (Lipinski definition) is 1. The molecule has 1 aliphatic heterocycles. The third-order valence-corrected chi connectivity index (χ3v) is 5.81. The number of carbonyl (C=O) groups is 2. The third kappa shape index (κ3) is 5.16. The zero-order valence-electron chi connectivity index (χ0n) is 18.4. The quantitative estimate of drug-likeness (QED) is 0.709. The number of rotatable bonds is 7. The van der Waals surface area contributed by atoms with Gasteiger partial charge in [0.15, 0.2) is 11.5 Å². The Bertz CT molecular complexity index is 958. The predicted octanol–water partition coefficient (Wildman–Crippen LogP) is 3.49. The Morgan fingerprint density at radius 2 is 2.00 bits per heavy atom. The van der Waals surface area contributed by atoms with Gasteiger partial charge in [-0.2, -0.15) is 5.10 Å². The van der Waals surface area contributed by atoms with Crippen molar-refractivity contribution in [3.8, 4) is 11.5 Å². The number of urea groups is 1. The van der Waals surface area contributed by atoms with Gasteiger partial charge in [-0.25, -0.2) is 9.80 Å². The Balaban J connectivity index is 1.87. The standard InChI is InChI=1S/C22H28N4O4S/c1-14(2)23-22(28)25(3)13-21(27)26-17(12-16(24-26)20-7-6-10-31-20)15-8-9-18(29-4)19(11-15)30-5/h6-11,14,17H,12-13H2,1-5H3,(H,23,28). The summed E-state index contributed by atoms with van der Waals surface area (Å²) in [6, 6.07) is 8.94. The summed E-state index contributed by atoms with van der Waals surface area (Å²) in [7, 11) is 4.76. The third-order valence-electron chi connectivity index (χ3n) is 4.90. The lowest BCUT2D eigenvalue weighted by molar-refractivity contribution is -0.133. The average Bonchev–Trinajstić information content (AvgIpc) is 3.42. The molecule has 2 aromatic rings. The topological polar surface area (TPSA) is 83.5 Å². The van der Waals surface area contributed by atoms with Crippen molar-refractivity contribution >= 4 is 29.0 Å². The van der Waals surface area contributed by atoms with E-state index in [1.807, 2.05) is 49.6 Å². The molecule has 2 heterocycles. The Morgan fingerprint density at radius 1 is 1.26 bits per heavy atom. The van der Waals surface area contributed by atoms with Gasteiger partial charge in [0.25, 0.3) is 5.91 Å². The summed E-state index contributed by atoms with van der Waals surface area (Å²) < 4.78 is 10.8. The number of nitrogens with one attached hydrogen (secondary N) is 1. The summed E-state index contributed by atoms with van der Waals surface area (Å²) in [6.45, 7) is 3.67. The molecule has 0 aliphatic carbocycles. The molecule has 0 radical (unpaired) electrons. The fourth-order valence-corrected chi connectivity index (χ4v) is 4.08. The first-order chi connectivity index (χ1) is 14.8. The van der Waals surface area contributed by atoms with Crippen LogP contribution in [0.5, 0.6) is 11.5 Å². The molecule has 9 heteroatoms. The molecule has 1 atom stereocenters. The number of benzene rings is 1. The highest BCUT2D eigenvalue weighted by Gasteiger charge is 2.34. The lowest BCUT2D eigenvalue weighted by Crippen LogP contribution is -2.45. The van der Waals surface area contributed by atoms with Gasteiger partial charge in [-0.05, 0) is 43.0 Å². The van der Waals surface area contributed by atoms with Crippen molar-refractivity contribution in [2.75, 3.05) is 27.8 Å². The van der Waals surface area contributed by atoms with E-state index in [2.05, 4.69) is 10.4 Å². The molecule has 0 spiro atoms. The average molecular weight is 445 g/mol. The number of hydrazone groups is 1. The molecule has 0 bridgehead atoms. The SMILES string of the molecule is COc1ccc(C2CC(c3cccs3)=NN2C(=O)CN(C)C(=O)NC(C)C)cc1OC. The second kappa shape index (κ2) is 9.82. The van der Waals surface area contributed by atoms with Crippen LogP contribution in [0.3, 0.4) is 0 Å². The molecule has 3 amide bonds. The van der Waals surface area contributed by atoms with E-state index in [0.29, 0.717) is 17.9 Å². The number of amides is 3.